The second-order valence-corrected chi connectivity index (χ2v) is 15.5. The summed E-state index contributed by atoms with van der Waals surface area (Å²) < 4.78 is 51.3. The van der Waals surface area contributed by atoms with Gasteiger partial charge >= 0.3 is 14.6 Å². The van der Waals surface area contributed by atoms with Crippen LogP contribution in [0.3, 0.4) is 0 Å². The molecule has 22 heteroatoms. The lowest BCUT2D eigenvalue weighted by atomic mass is 9.85. The van der Waals surface area contributed by atoms with Gasteiger partial charge in [0.25, 0.3) is 0 Å². The monoisotopic (exact) mass is 686 g/mol. The van der Waals surface area contributed by atoms with Crippen LogP contribution < -0.4 is 11.5 Å². The first-order chi connectivity index (χ1) is 20.0. The van der Waals surface area contributed by atoms with Crippen LogP contribution in [0, 0.1) is 24.2 Å². The van der Waals surface area contributed by atoms with Crippen molar-refractivity contribution in [3.05, 3.63) is 17.3 Å². The first kappa shape index (κ1) is 33.1. The van der Waals surface area contributed by atoms with E-state index in [1.54, 1.807) is 5.38 Å². The first-order valence-electron chi connectivity index (χ1n) is 12.3. The Bertz CT molecular complexity index is 1530. The van der Waals surface area contributed by atoms with Gasteiger partial charge in [-0.05, 0) is 5.38 Å². The smallest absolute Gasteiger partial charge is 0.394 e. The number of ether oxygens (including phenoxy) is 2. The fraction of sp³-hybridized carbons (Fsp3) is 0.619. The summed E-state index contributed by atoms with van der Waals surface area (Å²) in [7, 11) is -5.39. The topological polar surface area (TPSA) is 300 Å². The maximum atomic E-state index is 12.9. The predicted molar refractivity (Wildman–Crippen MR) is 148 cm³/mol. The van der Waals surface area contributed by atoms with E-state index in [9.17, 15) is 44.7 Å². The second-order valence-electron chi connectivity index (χ2n) is 10.1. The zero-order valence-electron chi connectivity index (χ0n) is 21.6. The summed E-state index contributed by atoms with van der Waals surface area (Å²) in [5.41, 5.74) is 11.2. The van der Waals surface area contributed by atoms with Gasteiger partial charge in [-0.1, -0.05) is 18.2 Å². The Morgan fingerprint density at radius 1 is 1.28 bits per heavy atom. The van der Waals surface area contributed by atoms with Crippen LogP contribution in [0.25, 0.3) is 10.2 Å². The molecule has 13 atom stereocenters. The van der Waals surface area contributed by atoms with Gasteiger partial charge < -0.3 is 56.5 Å². The van der Waals surface area contributed by atoms with Gasteiger partial charge in [0.15, 0.2) is 12.1 Å². The number of nitrogens with zero attached hydrogens (tertiary/aromatic N) is 2. The minimum Gasteiger partial charge on any atom is -0.394 e. The molecule has 11 N–H and O–H groups in total. The number of phosphoric acid groups is 1. The third kappa shape index (κ3) is 5.56. The zero-order chi connectivity index (χ0) is 31.7. The molecule has 4 heterocycles. The van der Waals surface area contributed by atoms with Crippen LogP contribution in [0.15, 0.2) is 11.7 Å². The normalized spacial score (nSPS) is 40.7. The van der Waals surface area contributed by atoms with E-state index >= 15 is 0 Å². The minimum absolute atomic E-state index is 0.199. The number of aromatic nitrogens is 2. The number of nitrogens with two attached hydrogens (primary N) is 2. The van der Waals surface area contributed by atoms with Crippen LogP contribution in [0.5, 0.6) is 0 Å². The van der Waals surface area contributed by atoms with Gasteiger partial charge in [-0.15, -0.1) is 17.8 Å². The highest BCUT2D eigenvalue weighted by Crippen LogP contribution is 2.68. The number of aliphatic hydroxyl groups excluding tert-OH is 5. The third-order valence-corrected chi connectivity index (χ3v) is 12.2. The first-order valence-corrected chi connectivity index (χ1v) is 17.4. The molecule has 238 valence electrons. The summed E-state index contributed by atoms with van der Waals surface area (Å²) in [5, 5.41) is 62.7. The van der Waals surface area contributed by atoms with Crippen LogP contribution in [-0.2, 0) is 32.0 Å². The largest absolute Gasteiger partial charge is 0.482 e. The van der Waals surface area contributed by atoms with Crippen LogP contribution in [0.1, 0.15) is 11.7 Å². The molecule has 3 fully saturated rings. The molecular weight excluding hydrogens is 658 g/mol. The Balaban J connectivity index is 1.24. The summed E-state index contributed by atoms with van der Waals surface area (Å²) in [4.78, 5) is 18.3. The lowest BCUT2D eigenvalue weighted by Gasteiger charge is -2.49. The van der Waals surface area contributed by atoms with Gasteiger partial charge in [0.1, 0.15) is 36.0 Å². The van der Waals surface area contributed by atoms with E-state index in [4.69, 9.17) is 36.4 Å². The quantitative estimate of drug-likeness (QED) is 0.0731. The Kier molecular flexibility index (Phi) is 8.84. The molecule has 0 radical (unpaired) electrons. The predicted octanol–water partition coefficient (Wildman–Crippen LogP) is -2.04. The molecule has 2 aromatic heterocycles. The maximum absolute atomic E-state index is 12.9. The van der Waals surface area contributed by atoms with Crippen molar-refractivity contribution in [2.45, 2.75) is 54.2 Å². The molecular formula is C21H28N4O14P2S2. The minimum atomic E-state index is -5.39. The third-order valence-electron chi connectivity index (χ3n) is 7.61. The van der Waals surface area contributed by atoms with Gasteiger partial charge in [-0.3, -0.25) is 9.05 Å². The molecule has 0 bridgehead atoms. The molecule has 0 aromatic carbocycles. The van der Waals surface area contributed by atoms with E-state index in [-0.39, 0.29) is 5.82 Å². The number of phosphoric ester groups is 1. The van der Waals surface area contributed by atoms with E-state index in [1.807, 2.05) is 0 Å². The van der Waals surface area contributed by atoms with Crippen molar-refractivity contribution in [3.63, 3.8) is 0 Å². The van der Waals surface area contributed by atoms with Crippen LogP contribution >= 0.6 is 38.2 Å². The number of hydrogen-bond acceptors (Lipinski definition) is 18. The van der Waals surface area contributed by atoms with Gasteiger partial charge in [-0.2, -0.15) is 4.31 Å². The average molecular weight is 687 g/mol. The fourth-order valence-electron chi connectivity index (χ4n) is 5.53. The fourth-order valence-corrected chi connectivity index (χ4v) is 9.66. The van der Waals surface area contributed by atoms with Crippen molar-refractivity contribution < 1.29 is 67.5 Å². The Labute approximate surface area is 251 Å². The zero-order valence-corrected chi connectivity index (χ0v) is 25.1. The Morgan fingerprint density at radius 2 is 1.98 bits per heavy atom. The SMILES string of the molecule is C#C[C@@]1(N)[C@H](O)[C@@H](COP(=O)(S)OP(=O)(O)OC2OC3(O)C2C(O)C(O)C3[C@@H](O)CO)O[C@H]1c1csc2c(N)ncnc12. The second kappa shape index (κ2) is 11.5. The van der Waals surface area contributed by atoms with Crippen molar-refractivity contribution in [2.75, 3.05) is 18.9 Å². The number of hydrogen-bond donors (Lipinski definition) is 10. The highest BCUT2D eigenvalue weighted by Gasteiger charge is 2.73. The molecule has 2 aliphatic heterocycles. The van der Waals surface area contributed by atoms with Crippen LogP contribution in [-0.4, -0.2) is 107 Å². The Hall–Kier alpha value is -1.31. The summed E-state index contributed by atoms with van der Waals surface area (Å²) in [6.45, 7) is -6.44. The molecule has 1 saturated carbocycles. The molecule has 0 spiro atoms. The van der Waals surface area contributed by atoms with Crippen LogP contribution in [0.4, 0.5) is 5.82 Å². The lowest BCUT2D eigenvalue weighted by molar-refractivity contribution is -0.427. The standard InChI is InChI=1S/C21H28N4O14P2S2/c1-2-20(23)16(30)9(36-17(20)7-5-43-15-12(7)24-6-25-18(15)22)4-35-41(34,42)39-40(32,33)38-19-11-14(29)13(28)10(8(27)3-26)21(11,31)37-19/h1,5-6,8-11,13-14,16-17,19,26-31H,3-4,23H2,(H,32,33)(H,34,42)(H2,22,24,25)/t8-,9+,10?,11?,13?,14?,16+,17-,19?,20+,21?,41?/m0/s1. The summed E-state index contributed by atoms with van der Waals surface area (Å²) in [5.74, 6) is -3.10. The van der Waals surface area contributed by atoms with Gasteiger partial charge in [0, 0.05) is 5.56 Å². The van der Waals surface area contributed by atoms with Gasteiger partial charge in [0.05, 0.1) is 53.6 Å². The van der Waals surface area contributed by atoms with Crippen molar-refractivity contribution in [1.29, 1.82) is 0 Å². The van der Waals surface area contributed by atoms with Crippen molar-refractivity contribution >= 4 is 54.2 Å². The molecule has 18 nitrogen and oxygen atoms in total. The number of thiol groups is 1. The van der Waals surface area contributed by atoms with Gasteiger partial charge in [0.2, 0.25) is 0 Å². The van der Waals surface area contributed by atoms with E-state index in [0.717, 1.165) is 0 Å². The highest BCUT2D eigenvalue weighted by atomic mass is 32.7. The van der Waals surface area contributed by atoms with Crippen molar-refractivity contribution in [3.8, 4) is 12.3 Å². The molecule has 2 aromatic rings. The molecule has 0 amide bonds. The number of fused-ring (bicyclic) bond motifs is 2. The molecule has 2 saturated heterocycles. The summed E-state index contributed by atoms with van der Waals surface area (Å²) in [6, 6.07) is 0. The van der Waals surface area contributed by atoms with E-state index in [0.29, 0.717) is 15.8 Å². The number of thiophene rings is 1. The molecule has 43 heavy (non-hydrogen) atoms. The number of aliphatic hydroxyl groups is 6. The van der Waals surface area contributed by atoms with Crippen molar-refractivity contribution in [2.24, 2.45) is 17.6 Å². The lowest BCUT2D eigenvalue weighted by Crippen LogP contribution is -2.64. The number of nitrogen functional groups attached to an aromatic ring is 1. The van der Waals surface area contributed by atoms with Crippen LogP contribution in [0.2, 0.25) is 0 Å². The van der Waals surface area contributed by atoms with E-state index < -0.39 is 93.9 Å². The number of terminal acetylenes is 1. The average Bonchev–Trinajstić information content (AvgIpc) is 3.50. The summed E-state index contributed by atoms with van der Waals surface area (Å²) in [6.07, 6.45) is -4.48. The highest BCUT2D eigenvalue weighted by molar-refractivity contribution is 8.45. The molecule has 1 aliphatic carbocycles. The molecule has 8 unspecified atom stereocenters. The van der Waals surface area contributed by atoms with E-state index in [1.165, 1.54) is 17.7 Å². The molecule has 5 rings (SSSR count). The van der Waals surface area contributed by atoms with Crippen molar-refractivity contribution in [1.82, 2.24) is 9.97 Å². The molecule has 3 aliphatic rings. The number of rotatable bonds is 10. The Morgan fingerprint density at radius 3 is 2.63 bits per heavy atom. The van der Waals surface area contributed by atoms with E-state index in [2.05, 4.69) is 32.4 Å². The van der Waals surface area contributed by atoms with Gasteiger partial charge in [-0.25, -0.2) is 19.1 Å². The maximum Gasteiger partial charge on any atom is 0.482 e. The number of anilines is 1. The summed E-state index contributed by atoms with van der Waals surface area (Å²) >= 11 is 4.85.